The molecule has 0 saturated carbocycles. The minimum Gasteiger partial charge on any atom is -0.480 e. The van der Waals surface area contributed by atoms with Gasteiger partial charge in [0.1, 0.15) is 6.04 Å². The van der Waals surface area contributed by atoms with Gasteiger partial charge in [0.05, 0.1) is 11.6 Å². The number of aliphatic carboxylic acids is 1. The average Bonchev–Trinajstić information content (AvgIpc) is 3.08. The van der Waals surface area contributed by atoms with Gasteiger partial charge in [-0.15, -0.1) is 0 Å². The maximum absolute atomic E-state index is 11.1. The minimum absolute atomic E-state index is 0.408. The van der Waals surface area contributed by atoms with E-state index in [1.165, 1.54) is 0 Å². The van der Waals surface area contributed by atoms with E-state index in [9.17, 15) is 14.7 Å². The monoisotopic (exact) mass is 306 g/mol. The molecule has 1 aromatic carbocycles. The number of carbonyl (C=O) groups is 1. The van der Waals surface area contributed by atoms with Gasteiger partial charge in [-0.1, -0.05) is 6.07 Å². The van der Waals surface area contributed by atoms with Crippen molar-refractivity contribution in [1.82, 2.24) is 9.88 Å². The van der Waals surface area contributed by atoms with E-state index in [1.54, 1.807) is 18.2 Å². The van der Waals surface area contributed by atoms with Gasteiger partial charge in [-0.05, 0) is 43.5 Å². The summed E-state index contributed by atoms with van der Waals surface area (Å²) in [6.45, 7) is 1.27. The molecule has 2 heterocycles. The summed E-state index contributed by atoms with van der Waals surface area (Å²) < 4.78 is 4.97. The number of carboxylic acid groups (broad SMARTS) is 1. The van der Waals surface area contributed by atoms with Crippen LogP contribution in [0.5, 0.6) is 0 Å². The fraction of sp³-hybridized carbons (Fsp3) is 0.467. The topological polar surface area (TPSA) is 107 Å². The third kappa shape index (κ3) is 2.90. The van der Waals surface area contributed by atoms with Crippen LogP contribution in [0.3, 0.4) is 0 Å². The zero-order valence-corrected chi connectivity index (χ0v) is 12.0. The van der Waals surface area contributed by atoms with E-state index < -0.39 is 23.9 Å². The van der Waals surface area contributed by atoms with E-state index >= 15 is 0 Å². The summed E-state index contributed by atoms with van der Waals surface area (Å²) in [5.41, 5.74) is 1.65. The number of hydrogen-bond acceptors (Lipinski definition) is 5. The molecule has 0 spiro atoms. The van der Waals surface area contributed by atoms with Crippen molar-refractivity contribution in [2.24, 2.45) is 0 Å². The van der Waals surface area contributed by atoms with E-state index in [2.05, 4.69) is 4.98 Å². The van der Waals surface area contributed by atoms with E-state index in [1.807, 2.05) is 4.90 Å². The van der Waals surface area contributed by atoms with Crippen LogP contribution in [0.25, 0.3) is 11.1 Å². The Kier molecular flexibility index (Phi) is 4.00. The van der Waals surface area contributed by atoms with Crippen molar-refractivity contribution in [3.05, 3.63) is 34.3 Å². The summed E-state index contributed by atoms with van der Waals surface area (Å²) in [5, 5.41) is 19.4. The first kappa shape index (κ1) is 14.8. The van der Waals surface area contributed by atoms with Crippen LogP contribution in [-0.2, 0) is 4.79 Å². The molecule has 118 valence electrons. The van der Waals surface area contributed by atoms with Crippen molar-refractivity contribution in [3.8, 4) is 0 Å². The number of nitrogens with one attached hydrogen (secondary N) is 1. The SMILES string of the molecule is O=C(O)C1CCCN1CCC(O)c1ccc2[nH]c(=O)oc2c1. The summed E-state index contributed by atoms with van der Waals surface area (Å²) in [4.78, 5) is 26.7. The number of nitrogens with zero attached hydrogens (tertiary/aromatic N) is 1. The second kappa shape index (κ2) is 5.94. The van der Waals surface area contributed by atoms with Gasteiger partial charge in [0, 0.05) is 6.54 Å². The number of aromatic nitrogens is 1. The molecule has 1 aromatic heterocycles. The van der Waals surface area contributed by atoms with Crippen molar-refractivity contribution >= 4 is 17.1 Å². The first-order valence-electron chi connectivity index (χ1n) is 7.32. The second-order valence-electron chi connectivity index (χ2n) is 5.61. The number of aromatic amines is 1. The number of benzene rings is 1. The molecule has 22 heavy (non-hydrogen) atoms. The van der Waals surface area contributed by atoms with Gasteiger partial charge in [0.15, 0.2) is 5.58 Å². The predicted octanol–water partition coefficient (Wildman–Crippen LogP) is 1.09. The normalized spacial score (nSPS) is 20.5. The predicted molar refractivity (Wildman–Crippen MR) is 78.6 cm³/mol. The third-order valence-corrected chi connectivity index (χ3v) is 4.17. The van der Waals surface area contributed by atoms with Crippen molar-refractivity contribution < 1.29 is 19.4 Å². The summed E-state index contributed by atoms with van der Waals surface area (Å²) in [5.74, 6) is -1.33. The maximum atomic E-state index is 11.1. The molecule has 0 amide bonds. The smallest absolute Gasteiger partial charge is 0.417 e. The van der Waals surface area contributed by atoms with Crippen LogP contribution in [0.4, 0.5) is 0 Å². The molecule has 0 radical (unpaired) electrons. The number of H-pyrrole nitrogens is 1. The molecule has 1 aliphatic rings. The first-order chi connectivity index (χ1) is 10.5. The van der Waals surface area contributed by atoms with Crippen LogP contribution in [-0.4, -0.2) is 45.2 Å². The molecule has 2 unspecified atom stereocenters. The van der Waals surface area contributed by atoms with Crippen LogP contribution < -0.4 is 5.76 Å². The molecule has 0 aliphatic carbocycles. The number of aliphatic hydroxyl groups is 1. The highest BCUT2D eigenvalue weighted by Gasteiger charge is 2.30. The van der Waals surface area contributed by atoms with Crippen LogP contribution in [0.2, 0.25) is 0 Å². The molecule has 3 rings (SSSR count). The molecule has 1 aliphatic heterocycles. The lowest BCUT2D eigenvalue weighted by molar-refractivity contribution is -0.142. The molecular weight excluding hydrogens is 288 g/mol. The van der Waals surface area contributed by atoms with Crippen molar-refractivity contribution in [1.29, 1.82) is 0 Å². The fourth-order valence-corrected chi connectivity index (χ4v) is 3.00. The number of rotatable bonds is 5. The molecule has 1 fully saturated rings. The Morgan fingerprint density at radius 2 is 2.32 bits per heavy atom. The number of hydrogen-bond donors (Lipinski definition) is 3. The number of likely N-dealkylation sites (tertiary alicyclic amines) is 1. The lowest BCUT2D eigenvalue weighted by atomic mass is 10.1. The standard InChI is InChI=1S/C15H18N2O5/c18-12(5-7-17-6-1-2-11(17)14(19)20)9-3-4-10-13(8-9)22-15(21)16-10/h3-4,8,11-12,18H,1-2,5-7H2,(H,16,21)(H,19,20). The Hall–Kier alpha value is -2.12. The zero-order chi connectivity index (χ0) is 15.7. The zero-order valence-electron chi connectivity index (χ0n) is 12.0. The minimum atomic E-state index is -0.803. The van der Waals surface area contributed by atoms with Crippen molar-refractivity contribution in [2.45, 2.75) is 31.4 Å². The summed E-state index contributed by atoms with van der Waals surface area (Å²) >= 11 is 0. The Morgan fingerprint density at radius 3 is 3.09 bits per heavy atom. The molecule has 2 aromatic rings. The van der Waals surface area contributed by atoms with Crippen LogP contribution in [0.15, 0.2) is 27.4 Å². The van der Waals surface area contributed by atoms with Gasteiger partial charge in [0.25, 0.3) is 0 Å². The Bertz CT molecular complexity index is 735. The van der Waals surface area contributed by atoms with Gasteiger partial charge in [0.2, 0.25) is 0 Å². The van der Waals surface area contributed by atoms with E-state index in [0.29, 0.717) is 36.0 Å². The molecule has 0 bridgehead atoms. The molecular formula is C15H18N2O5. The Balaban J connectivity index is 1.66. The Labute approximate surface area is 126 Å². The van der Waals surface area contributed by atoms with Gasteiger partial charge in [-0.25, -0.2) is 4.79 Å². The van der Waals surface area contributed by atoms with Crippen molar-refractivity contribution in [3.63, 3.8) is 0 Å². The molecule has 3 N–H and O–H groups in total. The number of aliphatic hydroxyl groups excluding tert-OH is 1. The summed E-state index contributed by atoms with van der Waals surface area (Å²) in [7, 11) is 0. The average molecular weight is 306 g/mol. The summed E-state index contributed by atoms with van der Waals surface area (Å²) in [6.07, 6.45) is 1.24. The lowest BCUT2D eigenvalue weighted by Crippen LogP contribution is -2.37. The van der Waals surface area contributed by atoms with E-state index in [-0.39, 0.29) is 0 Å². The van der Waals surface area contributed by atoms with Gasteiger partial charge in [-0.2, -0.15) is 0 Å². The fourth-order valence-electron chi connectivity index (χ4n) is 3.00. The van der Waals surface area contributed by atoms with E-state index in [4.69, 9.17) is 9.52 Å². The van der Waals surface area contributed by atoms with Gasteiger partial charge >= 0.3 is 11.7 Å². The van der Waals surface area contributed by atoms with Crippen LogP contribution in [0.1, 0.15) is 30.9 Å². The van der Waals surface area contributed by atoms with Gasteiger partial charge in [-0.3, -0.25) is 14.7 Å². The highest BCUT2D eigenvalue weighted by molar-refractivity contribution is 5.74. The number of fused-ring (bicyclic) bond motifs is 1. The second-order valence-corrected chi connectivity index (χ2v) is 5.61. The molecule has 7 heteroatoms. The van der Waals surface area contributed by atoms with Crippen LogP contribution >= 0.6 is 0 Å². The quantitative estimate of drug-likeness (QED) is 0.763. The number of carboxylic acids is 1. The molecule has 7 nitrogen and oxygen atoms in total. The highest BCUT2D eigenvalue weighted by atomic mass is 16.4. The maximum Gasteiger partial charge on any atom is 0.417 e. The van der Waals surface area contributed by atoms with Crippen molar-refractivity contribution in [2.75, 3.05) is 13.1 Å². The largest absolute Gasteiger partial charge is 0.480 e. The summed E-state index contributed by atoms with van der Waals surface area (Å²) in [6, 6.07) is 4.61. The Morgan fingerprint density at radius 1 is 1.50 bits per heavy atom. The van der Waals surface area contributed by atoms with Crippen LogP contribution in [0, 0.1) is 0 Å². The highest BCUT2D eigenvalue weighted by Crippen LogP contribution is 2.24. The molecule has 1 saturated heterocycles. The van der Waals surface area contributed by atoms with E-state index in [0.717, 1.165) is 13.0 Å². The number of oxazole rings is 1. The lowest BCUT2D eigenvalue weighted by Gasteiger charge is -2.22. The van der Waals surface area contributed by atoms with Gasteiger partial charge < -0.3 is 14.6 Å². The molecule has 2 atom stereocenters. The third-order valence-electron chi connectivity index (χ3n) is 4.17. The first-order valence-corrected chi connectivity index (χ1v) is 7.32.